The van der Waals surface area contributed by atoms with Crippen LogP contribution in [0, 0.1) is 0 Å². The van der Waals surface area contributed by atoms with Gasteiger partial charge in [-0.2, -0.15) is 4.76 Å². The predicted octanol–water partition coefficient (Wildman–Crippen LogP) is 6.18. The van der Waals surface area contributed by atoms with Gasteiger partial charge in [0.15, 0.2) is 5.82 Å². The van der Waals surface area contributed by atoms with E-state index in [4.69, 9.17) is 32.2 Å². The molecular weight excluding hydrogens is 474 g/mol. The first kappa shape index (κ1) is 19.9. The van der Waals surface area contributed by atoms with Gasteiger partial charge in [-0.25, -0.2) is 4.98 Å². The Hall–Kier alpha value is -1.79. The Balaban J connectivity index is 1.71. The number of fused-ring (bicyclic) bond motifs is 8. The maximum absolute atomic E-state index is 12.4. The summed E-state index contributed by atoms with van der Waals surface area (Å²) in [5, 5.41) is 2.10. The van der Waals surface area contributed by atoms with Crippen LogP contribution < -0.4 is 10.2 Å². The Morgan fingerprint density at radius 3 is 2.87 bits per heavy atom. The average Bonchev–Trinajstić information content (AvgIpc) is 3.30. The zero-order chi connectivity index (χ0) is 21.3. The van der Waals surface area contributed by atoms with E-state index in [-0.39, 0.29) is 0 Å². The minimum atomic E-state index is -3.67. The van der Waals surface area contributed by atoms with E-state index in [1.807, 2.05) is 16.7 Å². The molecule has 31 heavy (non-hydrogen) atoms. The minimum absolute atomic E-state index is 0.592. The van der Waals surface area contributed by atoms with Gasteiger partial charge in [0.25, 0.3) is 0 Å². The summed E-state index contributed by atoms with van der Waals surface area (Å²) < 4.78 is 24.2. The number of hydrogen-bond donors (Lipinski definition) is 1. The van der Waals surface area contributed by atoms with Gasteiger partial charge in [0.05, 0.1) is 18.2 Å². The summed E-state index contributed by atoms with van der Waals surface area (Å²) in [5.74, 6) is -2.07. The van der Waals surface area contributed by atoms with Crippen molar-refractivity contribution >= 4 is 60.9 Å². The highest BCUT2D eigenvalue weighted by Gasteiger charge is 2.28. The fourth-order valence-electron chi connectivity index (χ4n) is 4.90. The Kier molecular flexibility index (Phi) is 4.55. The maximum Gasteiger partial charge on any atom is 0.365 e. The van der Waals surface area contributed by atoms with Crippen molar-refractivity contribution in [3.05, 3.63) is 39.7 Å². The quantitative estimate of drug-likeness (QED) is 0.339. The molecule has 0 bridgehead atoms. The van der Waals surface area contributed by atoms with Crippen LogP contribution in [0.5, 0.6) is 5.75 Å². The lowest BCUT2D eigenvalue weighted by Crippen LogP contribution is -2.28. The van der Waals surface area contributed by atoms with Gasteiger partial charge in [-0.15, -0.1) is 11.3 Å². The molecular formula is C21H19Cl2N4O2PS. The number of hydrogen-bond acceptors (Lipinski definition) is 4. The molecule has 1 aliphatic heterocycles. The molecule has 4 heterocycles. The highest BCUT2D eigenvalue weighted by Crippen LogP contribution is 2.57. The largest absolute Gasteiger partial charge is 0.497 e. The summed E-state index contributed by atoms with van der Waals surface area (Å²) in [6, 6.07) is 6.02. The third kappa shape index (κ3) is 3.17. The molecule has 0 atom stereocenters. The number of nitrogens with zero attached hydrogens (tertiary/aromatic N) is 3. The lowest BCUT2D eigenvalue weighted by Gasteiger charge is -2.20. The fourth-order valence-corrected chi connectivity index (χ4v) is 7.01. The van der Waals surface area contributed by atoms with Gasteiger partial charge in [0.1, 0.15) is 16.1 Å². The van der Waals surface area contributed by atoms with E-state index in [9.17, 15) is 4.57 Å². The molecule has 160 valence electrons. The SMILES string of the molecule is COc1ccc2[nH]c3c(c2c1)CCn1c-3nc2sc3c(c2/c1=N/P(=O)(Cl)Cl)CCCC3. The van der Waals surface area contributed by atoms with Gasteiger partial charge in [0, 0.05) is 22.3 Å². The number of rotatable bonds is 2. The number of aromatic amines is 1. The van der Waals surface area contributed by atoms with Gasteiger partial charge in [-0.05, 0) is 83.9 Å². The molecule has 0 amide bonds. The Morgan fingerprint density at radius 1 is 1.23 bits per heavy atom. The van der Waals surface area contributed by atoms with Crippen LogP contribution in [0.15, 0.2) is 23.0 Å². The zero-order valence-electron chi connectivity index (χ0n) is 16.7. The van der Waals surface area contributed by atoms with Crippen molar-refractivity contribution < 1.29 is 9.30 Å². The van der Waals surface area contributed by atoms with Crippen molar-refractivity contribution in [3.63, 3.8) is 0 Å². The van der Waals surface area contributed by atoms with E-state index in [0.29, 0.717) is 12.0 Å². The number of H-pyrrole nitrogens is 1. The summed E-state index contributed by atoms with van der Waals surface area (Å²) in [6.07, 6.45) is 5.12. The van der Waals surface area contributed by atoms with Gasteiger partial charge in [-0.3, -0.25) is 4.57 Å². The lowest BCUT2D eigenvalue weighted by molar-refractivity contribution is 0.415. The normalized spacial score (nSPS) is 16.4. The third-order valence-corrected chi connectivity index (χ3v) is 8.29. The topological polar surface area (TPSA) is 72.3 Å². The minimum Gasteiger partial charge on any atom is -0.497 e. The molecule has 0 radical (unpaired) electrons. The van der Waals surface area contributed by atoms with Crippen LogP contribution in [-0.2, 0) is 30.4 Å². The summed E-state index contributed by atoms with van der Waals surface area (Å²) in [6.45, 7) is 0.659. The standard InChI is InChI=1S/C21H19Cl2N4O2PS/c1-29-11-6-7-15-14(10-11)12-8-9-27-19(26-30(22,23)28)17-13-4-2-3-5-16(13)31-21(17)25-20(27)18(12)24-15/h6-7,10,24H,2-5,8-9H2,1H3/b26-19-. The second-order valence-corrected chi connectivity index (χ2v) is 13.4. The molecule has 3 aromatic heterocycles. The number of ether oxygens (including phenoxy) is 1. The van der Waals surface area contributed by atoms with Gasteiger partial charge >= 0.3 is 6.00 Å². The molecule has 2 aliphatic rings. The number of thiophene rings is 1. The highest BCUT2D eigenvalue weighted by atomic mass is 35.9. The molecule has 1 aromatic carbocycles. The molecule has 0 spiro atoms. The average molecular weight is 493 g/mol. The summed E-state index contributed by atoms with van der Waals surface area (Å²) in [4.78, 5) is 10.8. The van der Waals surface area contributed by atoms with Crippen LogP contribution in [0.4, 0.5) is 0 Å². The van der Waals surface area contributed by atoms with E-state index in [1.54, 1.807) is 18.4 Å². The number of aromatic nitrogens is 3. The van der Waals surface area contributed by atoms with Gasteiger partial charge in [-0.1, -0.05) is 0 Å². The smallest absolute Gasteiger partial charge is 0.365 e. The number of methoxy groups -OCH3 is 1. The molecule has 4 aromatic rings. The highest BCUT2D eigenvalue weighted by molar-refractivity contribution is 8.07. The Labute approximate surface area is 191 Å². The van der Waals surface area contributed by atoms with Crippen LogP contribution >= 0.6 is 39.8 Å². The fraction of sp³-hybridized carbons (Fsp3) is 0.333. The number of aryl methyl sites for hydroxylation is 3. The maximum atomic E-state index is 12.4. The molecule has 10 heteroatoms. The van der Waals surface area contributed by atoms with Crippen molar-refractivity contribution in [1.29, 1.82) is 0 Å². The molecule has 0 fully saturated rings. The second kappa shape index (κ2) is 7.11. The lowest BCUT2D eigenvalue weighted by atomic mass is 9.97. The van der Waals surface area contributed by atoms with Crippen molar-refractivity contribution in [2.24, 2.45) is 4.76 Å². The summed E-state index contributed by atoms with van der Waals surface area (Å²) >= 11 is 13.6. The van der Waals surface area contributed by atoms with Crippen molar-refractivity contribution in [1.82, 2.24) is 14.5 Å². The Bertz CT molecular complexity index is 1500. The second-order valence-electron chi connectivity index (χ2n) is 7.98. The van der Waals surface area contributed by atoms with E-state index >= 15 is 0 Å². The van der Waals surface area contributed by atoms with Crippen molar-refractivity contribution in [2.45, 2.75) is 38.6 Å². The first-order valence-electron chi connectivity index (χ1n) is 10.2. The van der Waals surface area contributed by atoms with Gasteiger partial charge in [0.2, 0.25) is 0 Å². The van der Waals surface area contributed by atoms with E-state index < -0.39 is 6.00 Å². The van der Waals surface area contributed by atoms with Crippen LogP contribution in [0.1, 0.15) is 28.8 Å². The molecule has 6 rings (SSSR count). The van der Waals surface area contributed by atoms with Crippen LogP contribution in [0.3, 0.4) is 0 Å². The zero-order valence-corrected chi connectivity index (χ0v) is 20.0. The number of nitrogens with one attached hydrogen (secondary N) is 1. The van der Waals surface area contributed by atoms with Crippen LogP contribution in [0.2, 0.25) is 0 Å². The summed E-state index contributed by atoms with van der Waals surface area (Å²) in [7, 11) is 1.67. The first-order chi connectivity index (χ1) is 14.9. The first-order valence-corrected chi connectivity index (χ1v) is 14.5. The van der Waals surface area contributed by atoms with Crippen molar-refractivity contribution in [3.8, 4) is 17.3 Å². The molecule has 1 N–H and O–H groups in total. The van der Waals surface area contributed by atoms with Crippen molar-refractivity contribution in [2.75, 3.05) is 7.11 Å². The van der Waals surface area contributed by atoms with E-state index in [0.717, 1.165) is 64.1 Å². The van der Waals surface area contributed by atoms with Gasteiger partial charge < -0.3 is 14.3 Å². The monoisotopic (exact) mass is 492 g/mol. The van der Waals surface area contributed by atoms with E-state index in [2.05, 4.69) is 15.8 Å². The third-order valence-electron chi connectivity index (χ3n) is 6.23. The molecule has 0 saturated carbocycles. The molecule has 6 nitrogen and oxygen atoms in total. The Morgan fingerprint density at radius 2 is 2.06 bits per heavy atom. The van der Waals surface area contributed by atoms with E-state index in [1.165, 1.54) is 22.4 Å². The van der Waals surface area contributed by atoms with Crippen LogP contribution in [0.25, 0.3) is 32.6 Å². The number of halogens is 2. The van der Waals surface area contributed by atoms with Crippen LogP contribution in [-0.4, -0.2) is 21.6 Å². The molecule has 0 unspecified atom stereocenters. The summed E-state index contributed by atoms with van der Waals surface area (Å²) in [5.41, 5.74) is 5.05. The number of benzene rings is 1. The molecule has 0 saturated heterocycles. The predicted molar refractivity (Wildman–Crippen MR) is 127 cm³/mol. The molecule has 1 aliphatic carbocycles.